The van der Waals surface area contributed by atoms with Crippen LogP contribution in [0.1, 0.15) is 27.2 Å². The van der Waals surface area contributed by atoms with Gasteiger partial charge in [0.25, 0.3) is 0 Å². The van der Waals surface area contributed by atoms with Crippen molar-refractivity contribution in [3.05, 3.63) is 0 Å². The summed E-state index contributed by atoms with van der Waals surface area (Å²) in [6.07, 6.45) is -0.310. The lowest BCUT2D eigenvalue weighted by Crippen LogP contribution is -2.43. The topological polar surface area (TPSA) is 78.9 Å². The number of nitrogens with one attached hydrogen (secondary N) is 1. The molecular weight excluding hydrogens is 280 g/mol. The lowest BCUT2D eigenvalue weighted by molar-refractivity contribution is -0.139. The lowest BCUT2D eigenvalue weighted by Gasteiger charge is -2.22. The van der Waals surface area contributed by atoms with E-state index >= 15 is 0 Å². The smallest absolute Gasteiger partial charge is 0.408 e. The highest BCUT2D eigenvalue weighted by Gasteiger charge is 2.23. The number of carboxylic acids is 1. The molecule has 1 atom stereocenters. The van der Waals surface area contributed by atoms with Crippen molar-refractivity contribution in [3.63, 3.8) is 0 Å². The third kappa shape index (κ3) is 10.9. The van der Waals surface area contributed by atoms with Gasteiger partial charge in [0.15, 0.2) is 0 Å². The number of alkyl carbamates (subject to hydrolysis) is 1. The molecule has 7 heteroatoms. The van der Waals surface area contributed by atoms with Crippen LogP contribution in [0.5, 0.6) is 0 Å². The fraction of sp³-hybridized carbons (Fsp3) is 0.846. The summed E-state index contributed by atoms with van der Waals surface area (Å²) in [7, 11) is 3.98. The van der Waals surface area contributed by atoms with E-state index in [0.717, 1.165) is 12.3 Å². The third-order valence-corrected chi connectivity index (χ3v) is 3.22. The predicted molar refractivity (Wildman–Crippen MR) is 81.3 cm³/mol. The van der Waals surface area contributed by atoms with Crippen molar-refractivity contribution < 1.29 is 19.4 Å². The maximum absolute atomic E-state index is 11.5. The van der Waals surface area contributed by atoms with Crippen molar-refractivity contribution in [2.24, 2.45) is 0 Å². The Balaban J connectivity index is 4.05. The van der Waals surface area contributed by atoms with Crippen molar-refractivity contribution in [3.8, 4) is 0 Å². The summed E-state index contributed by atoms with van der Waals surface area (Å²) < 4.78 is 5.05. The lowest BCUT2D eigenvalue weighted by atomic mass is 10.2. The van der Waals surface area contributed by atoms with Crippen LogP contribution in [0.25, 0.3) is 0 Å². The third-order valence-electron chi connectivity index (χ3n) is 2.22. The van der Waals surface area contributed by atoms with Crippen LogP contribution < -0.4 is 5.32 Å². The Morgan fingerprint density at radius 3 is 2.35 bits per heavy atom. The molecule has 0 spiro atoms. The molecule has 1 amide bonds. The van der Waals surface area contributed by atoms with Gasteiger partial charge in [-0.1, -0.05) is 0 Å². The molecule has 0 heterocycles. The summed E-state index contributed by atoms with van der Waals surface area (Å²) in [6, 6.07) is -0.906. The molecule has 0 aromatic carbocycles. The van der Waals surface area contributed by atoms with E-state index in [2.05, 4.69) is 10.2 Å². The number of hydrogen-bond donors (Lipinski definition) is 2. The monoisotopic (exact) mass is 306 g/mol. The number of rotatable bonds is 8. The Morgan fingerprint density at radius 1 is 1.30 bits per heavy atom. The van der Waals surface area contributed by atoms with E-state index in [0.29, 0.717) is 12.2 Å². The first-order chi connectivity index (χ1) is 9.11. The molecule has 0 aromatic rings. The molecule has 0 radical (unpaired) electrons. The quantitative estimate of drug-likeness (QED) is 0.664. The molecule has 0 aliphatic rings. The first-order valence-electron chi connectivity index (χ1n) is 6.56. The molecule has 0 saturated carbocycles. The van der Waals surface area contributed by atoms with E-state index in [4.69, 9.17) is 9.84 Å². The molecule has 118 valence electrons. The highest BCUT2D eigenvalue weighted by Crippen LogP contribution is 2.09. The van der Waals surface area contributed by atoms with E-state index in [1.807, 2.05) is 14.1 Å². The van der Waals surface area contributed by atoms with Gasteiger partial charge in [0.2, 0.25) is 0 Å². The highest BCUT2D eigenvalue weighted by molar-refractivity contribution is 7.99. The molecule has 0 saturated heterocycles. The molecule has 0 bridgehead atoms. The predicted octanol–water partition coefficient (Wildman–Crippen LogP) is 1.65. The Labute approximate surface area is 125 Å². The van der Waals surface area contributed by atoms with Crippen LogP contribution >= 0.6 is 11.8 Å². The number of nitrogens with zero attached hydrogens (tertiary/aromatic N) is 1. The SMILES string of the molecule is CN(C)CCSCCC(NC(=O)OC(C)(C)C)C(=O)O. The van der Waals surface area contributed by atoms with E-state index in [1.54, 1.807) is 32.5 Å². The second-order valence-corrected chi connectivity index (χ2v) is 6.97. The van der Waals surface area contributed by atoms with Gasteiger partial charge in [0.1, 0.15) is 11.6 Å². The number of aliphatic carboxylic acids is 1. The number of carboxylic acid groups (broad SMARTS) is 1. The first-order valence-corrected chi connectivity index (χ1v) is 7.72. The van der Waals surface area contributed by atoms with Crippen LogP contribution in [-0.4, -0.2) is 65.9 Å². The van der Waals surface area contributed by atoms with Crippen LogP contribution in [0.2, 0.25) is 0 Å². The van der Waals surface area contributed by atoms with Crippen LogP contribution in [0.15, 0.2) is 0 Å². The Hall–Kier alpha value is -0.950. The molecule has 6 nitrogen and oxygen atoms in total. The van der Waals surface area contributed by atoms with Gasteiger partial charge in [0, 0.05) is 12.3 Å². The van der Waals surface area contributed by atoms with Gasteiger partial charge in [0.05, 0.1) is 0 Å². The number of thioether (sulfide) groups is 1. The molecule has 20 heavy (non-hydrogen) atoms. The zero-order valence-electron chi connectivity index (χ0n) is 12.9. The minimum Gasteiger partial charge on any atom is -0.480 e. The van der Waals surface area contributed by atoms with Crippen molar-refractivity contribution in [2.45, 2.75) is 38.8 Å². The van der Waals surface area contributed by atoms with Gasteiger partial charge in [-0.15, -0.1) is 0 Å². The molecule has 0 fully saturated rings. The van der Waals surface area contributed by atoms with E-state index < -0.39 is 23.7 Å². The summed E-state index contributed by atoms with van der Waals surface area (Å²) in [5, 5.41) is 11.5. The van der Waals surface area contributed by atoms with Crippen LogP contribution in [0.4, 0.5) is 4.79 Å². The normalized spacial score (nSPS) is 13.1. The molecule has 1 unspecified atom stereocenters. The number of carbonyl (C=O) groups is 2. The van der Waals surface area contributed by atoms with E-state index in [1.165, 1.54) is 0 Å². The Bertz CT molecular complexity index is 316. The van der Waals surface area contributed by atoms with Gasteiger partial charge in [-0.05, 0) is 47.0 Å². The number of hydrogen-bond acceptors (Lipinski definition) is 5. The number of carbonyl (C=O) groups excluding carboxylic acids is 1. The maximum atomic E-state index is 11.5. The summed E-state index contributed by atoms with van der Waals surface area (Å²) >= 11 is 1.67. The largest absolute Gasteiger partial charge is 0.480 e. The van der Waals surface area contributed by atoms with Gasteiger partial charge in [-0.2, -0.15) is 11.8 Å². The van der Waals surface area contributed by atoms with Crippen molar-refractivity contribution >= 4 is 23.8 Å². The summed E-state index contributed by atoms with van der Waals surface area (Å²) in [4.78, 5) is 24.7. The summed E-state index contributed by atoms with van der Waals surface area (Å²) in [5.74, 6) is 0.580. The van der Waals surface area contributed by atoms with Crippen molar-refractivity contribution in [1.29, 1.82) is 0 Å². The van der Waals surface area contributed by atoms with Crippen LogP contribution in [-0.2, 0) is 9.53 Å². The van der Waals surface area contributed by atoms with Gasteiger partial charge >= 0.3 is 12.1 Å². The second kappa shape index (κ2) is 9.07. The van der Waals surface area contributed by atoms with Crippen molar-refractivity contribution in [1.82, 2.24) is 10.2 Å². The Kier molecular flexibility index (Phi) is 8.64. The van der Waals surface area contributed by atoms with Crippen molar-refractivity contribution in [2.75, 3.05) is 32.1 Å². The summed E-state index contributed by atoms with van der Waals surface area (Å²) in [5.41, 5.74) is -0.631. The average molecular weight is 306 g/mol. The van der Waals surface area contributed by atoms with Gasteiger partial charge in [-0.25, -0.2) is 9.59 Å². The van der Waals surface area contributed by atoms with Crippen LogP contribution in [0, 0.1) is 0 Å². The molecule has 0 aliphatic heterocycles. The average Bonchev–Trinajstić information content (AvgIpc) is 2.23. The fourth-order valence-electron chi connectivity index (χ4n) is 1.26. The molecule has 0 aromatic heterocycles. The second-order valence-electron chi connectivity index (χ2n) is 5.74. The fourth-order valence-corrected chi connectivity index (χ4v) is 2.36. The minimum absolute atomic E-state index is 0.382. The first kappa shape index (κ1) is 19.1. The minimum atomic E-state index is -1.04. The molecule has 2 N–H and O–H groups in total. The standard InChI is InChI=1S/C13H26N2O4S/c1-13(2,3)19-12(18)14-10(11(16)17)6-8-20-9-7-15(4)5/h10H,6-9H2,1-5H3,(H,14,18)(H,16,17). The van der Waals surface area contributed by atoms with Crippen LogP contribution in [0.3, 0.4) is 0 Å². The van der Waals surface area contributed by atoms with E-state index in [-0.39, 0.29) is 0 Å². The van der Waals surface area contributed by atoms with Gasteiger partial charge in [-0.3, -0.25) is 0 Å². The zero-order valence-corrected chi connectivity index (χ0v) is 13.7. The number of amides is 1. The summed E-state index contributed by atoms with van der Waals surface area (Å²) in [6.45, 7) is 6.15. The van der Waals surface area contributed by atoms with Gasteiger partial charge < -0.3 is 20.1 Å². The molecule has 0 rings (SSSR count). The Morgan fingerprint density at radius 2 is 1.90 bits per heavy atom. The van der Waals surface area contributed by atoms with E-state index in [9.17, 15) is 9.59 Å². The molecule has 0 aliphatic carbocycles. The molecular formula is C13H26N2O4S. The zero-order chi connectivity index (χ0) is 15.8. The highest BCUT2D eigenvalue weighted by atomic mass is 32.2. The maximum Gasteiger partial charge on any atom is 0.408 e. The number of ether oxygens (including phenoxy) is 1.